The van der Waals surface area contributed by atoms with Crippen molar-refractivity contribution in [2.24, 2.45) is 5.73 Å². The van der Waals surface area contributed by atoms with Crippen molar-refractivity contribution in [2.45, 2.75) is 18.7 Å². The van der Waals surface area contributed by atoms with E-state index in [1.54, 1.807) is 0 Å². The van der Waals surface area contributed by atoms with Gasteiger partial charge in [0.05, 0.1) is 42.9 Å². The van der Waals surface area contributed by atoms with E-state index < -0.39 is 22.0 Å². The molecule has 10 heteroatoms. The highest BCUT2D eigenvalue weighted by Gasteiger charge is 2.38. The van der Waals surface area contributed by atoms with Crippen molar-refractivity contribution in [3.8, 4) is 0 Å². The van der Waals surface area contributed by atoms with Gasteiger partial charge >= 0.3 is 0 Å². The third-order valence-electron chi connectivity index (χ3n) is 2.84. The van der Waals surface area contributed by atoms with Gasteiger partial charge in [0.15, 0.2) is 9.84 Å². The first-order chi connectivity index (χ1) is 8.91. The lowest BCUT2D eigenvalue weighted by molar-refractivity contribution is -0.119. The van der Waals surface area contributed by atoms with Crippen molar-refractivity contribution in [3.63, 3.8) is 0 Å². The highest BCUT2D eigenvalue weighted by atomic mass is 32.2. The third kappa shape index (κ3) is 3.28. The number of nitrogens with one attached hydrogen (secondary N) is 1. The van der Waals surface area contributed by atoms with Crippen molar-refractivity contribution in [2.75, 3.05) is 18.1 Å². The molecule has 1 amide bonds. The Morgan fingerprint density at radius 3 is 2.89 bits per heavy atom. The molecule has 2 rings (SSSR count). The molecule has 2 unspecified atom stereocenters. The van der Waals surface area contributed by atoms with Crippen LogP contribution < -0.4 is 11.1 Å². The van der Waals surface area contributed by atoms with Crippen molar-refractivity contribution in [3.05, 3.63) is 11.9 Å². The predicted octanol–water partition coefficient (Wildman–Crippen LogP) is -2.82. The molecule has 1 aromatic rings. The van der Waals surface area contributed by atoms with Gasteiger partial charge in [-0.2, -0.15) is 0 Å². The molecule has 0 spiro atoms. The summed E-state index contributed by atoms with van der Waals surface area (Å²) in [7, 11) is -3.24. The number of amides is 1. The van der Waals surface area contributed by atoms with Crippen LogP contribution in [0.4, 0.5) is 0 Å². The number of aromatic nitrogens is 3. The topological polar surface area (TPSA) is 140 Å². The lowest BCUT2D eigenvalue weighted by Crippen LogP contribution is -2.29. The first-order valence-corrected chi connectivity index (χ1v) is 7.49. The van der Waals surface area contributed by atoms with Crippen LogP contribution in [-0.4, -0.2) is 58.6 Å². The highest BCUT2D eigenvalue weighted by Crippen LogP contribution is 2.23. The maximum Gasteiger partial charge on any atom is 0.234 e. The molecule has 0 radical (unpaired) electrons. The van der Waals surface area contributed by atoms with Crippen LogP contribution in [0.5, 0.6) is 0 Å². The molecule has 0 aromatic carbocycles. The minimum atomic E-state index is -3.24. The summed E-state index contributed by atoms with van der Waals surface area (Å²) in [5.74, 6) is -0.749. The lowest BCUT2D eigenvalue weighted by Gasteiger charge is -2.11. The van der Waals surface area contributed by atoms with Gasteiger partial charge < -0.3 is 16.2 Å². The molecule has 0 saturated carbocycles. The first kappa shape index (κ1) is 13.9. The summed E-state index contributed by atoms with van der Waals surface area (Å²) in [6, 6.07) is -0.628. The van der Waals surface area contributed by atoms with E-state index >= 15 is 0 Å². The molecule has 1 aliphatic rings. The van der Waals surface area contributed by atoms with Gasteiger partial charge in [0, 0.05) is 0 Å². The largest absolute Gasteiger partial charge is 0.390 e. The minimum absolute atomic E-state index is 0.117. The number of hydrogen-bond donors (Lipinski definition) is 3. The predicted molar refractivity (Wildman–Crippen MR) is 64.6 cm³/mol. The fourth-order valence-electron chi connectivity index (χ4n) is 1.88. The number of carbonyl (C=O) groups excluding carboxylic acids is 1. The average Bonchev–Trinajstić information content (AvgIpc) is 2.90. The van der Waals surface area contributed by atoms with Gasteiger partial charge in [-0.15, -0.1) is 5.10 Å². The molecule has 0 aliphatic carbocycles. The maximum absolute atomic E-state index is 11.4. The van der Waals surface area contributed by atoms with Crippen LogP contribution >= 0.6 is 0 Å². The molecule has 1 saturated heterocycles. The lowest BCUT2D eigenvalue weighted by atomic mass is 10.2. The fourth-order valence-corrected chi connectivity index (χ4v) is 3.65. The minimum Gasteiger partial charge on any atom is -0.390 e. The Morgan fingerprint density at radius 2 is 2.32 bits per heavy atom. The zero-order chi connectivity index (χ0) is 14.0. The van der Waals surface area contributed by atoms with Crippen molar-refractivity contribution >= 4 is 15.7 Å². The highest BCUT2D eigenvalue weighted by molar-refractivity contribution is 7.91. The second kappa shape index (κ2) is 5.23. The van der Waals surface area contributed by atoms with Crippen LogP contribution in [0.15, 0.2) is 6.20 Å². The number of nitrogens with two attached hydrogens (primary N) is 1. The fraction of sp³-hybridized carbons (Fsp3) is 0.667. The van der Waals surface area contributed by atoms with Crippen LogP contribution in [0.3, 0.4) is 0 Å². The molecule has 9 nitrogen and oxygen atoms in total. The Balaban J connectivity index is 2.03. The molecule has 1 fully saturated rings. The van der Waals surface area contributed by atoms with E-state index in [1.165, 1.54) is 10.9 Å². The molecule has 0 bridgehead atoms. The van der Waals surface area contributed by atoms with Crippen LogP contribution in [0.25, 0.3) is 0 Å². The van der Waals surface area contributed by atoms with Crippen molar-refractivity contribution < 1.29 is 18.3 Å². The van der Waals surface area contributed by atoms with E-state index in [2.05, 4.69) is 15.6 Å². The second-order valence-electron chi connectivity index (χ2n) is 4.38. The number of rotatable bonds is 4. The number of aliphatic hydroxyl groups excluding tert-OH is 1. The Morgan fingerprint density at radius 1 is 1.58 bits per heavy atom. The van der Waals surface area contributed by atoms with E-state index in [0.29, 0.717) is 5.69 Å². The summed E-state index contributed by atoms with van der Waals surface area (Å²) < 4.78 is 24.1. The van der Waals surface area contributed by atoms with Crippen molar-refractivity contribution in [1.29, 1.82) is 0 Å². The maximum atomic E-state index is 11.4. The molecular weight excluding hydrogens is 274 g/mol. The van der Waals surface area contributed by atoms with Gasteiger partial charge in [0.25, 0.3) is 0 Å². The summed E-state index contributed by atoms with van der Waals surface area (Å²) in [4.78, 5) is 11.0. The van der Waals surface area contributed by atoms with Gasteiger partial charge in [0.2, 0.25) is 5.91 Å². The summed E-state index contributed by atoms with van der Waals surface area (Å²) in [5.41, 5.74) is 5.61. The zero-order valence-corrected chi connectivity index (χ0v) is 10.9. The number of sulfone groups is 1. The first-order valence-electron chi connectivity index (χ1n) is 5.67. The SMILES string of the molecule is NCC(=O)NCc1cn(C2CS(=O)(=O)CC2O)nn1. The monoisotopic (exact) mass is 289 g/mol. The Labute approximate surface area is 109 Å². The quantitative estimate of drug-likeness (QED) is 0.543. The van der Waals surface area contributed by atoms with E-state index in [-0.39, 0.29) is 30.5 Å². The number of nitrogens with zero attached hydrogens (tertiary/aromatic N) is 3. The average molecular weight is 289 g/mol. The van der Waals surface area contributed by atoms with Crippen LogP contribution in [0.1, 0.15) is 11.7 Å². The molecule has 2 atom stereocenters. The van der Waals surface area contributed by atoms with E-state index in [4.69, 9.17) is 5.73 Å². The Bertz CT molecular complexity index is 569. The Kier molecular flexibility index (Phi) is 3.83. The summed E-state index contributed by atoms with van der Waals surface area (Å²) in [6.45, 7) is 0.0410. The van der Waals surface area contributed by atoms with Gasteiger partial charge in [-0.3, -0.25) is 4.79 Å². The summed E-state index contributed by atoms with van der Waals surface area (Å²) >= 11 is 0. The van der Waals surface area contributed by atoms with Crippen LogP contribution in [0, 0.1) is 0 Å². The smallest absolute Gasteiger partial charge is 0.234 e. The standard InChI is InChI=1S/C9H15N5O4S/c10-1-9(16)11-2-6-3-14(13-12-6)7-4-19(17,18)5-8(7)15/h3,7-8,15H,1-2,4-5,10H2,(H,11,16). The van der Waals surface area contributed by atoms with Crippen LogP contribution in [-0.2, 0) is 21.2 Å². The van der Waals surface area contributed by atoms with Crippen LogP contribution in [0.2, 0.25) is 0 Å². The number of hydrogen-bond acceptors (Lipinski definition) is 7. The molecule has 1 aromatic heterocycles. The molecule has 106 valence electrons. The molecule has 1 aliphatic heterocycles. The second-order valence-corrected chi connectivity index (χ2v) is 6.54. The summed E-state index contributed by atoms with van der Waals surface area (Å²) in [5, 5.41) is 19.8. The van der Waals surface area contributed by atoms with E-state index in [0.717, 1.165) is 0 Å². The molecule has 19 heavy (non-hydrogen) atoms. The molecular formula is C9H15N5O4S. The van der Waals surface area contributed by atoms with E-state index in [1.807, 2.05) is 0 Å². The van der Waals surface area contributed by atoms with Gasteiger partial charge in [-0.05, 0) is 0 Å². The molecule has 2 heterocycles. The van der Waals surface area contributed by atoms with Gasteiger partial charge in [0.1, 0.15) is 5.69 Å². The van der Waals surface area contributed by atoms with Crippen molar-refractivity contribution in [1.82, 2.24) is 20.3 Å². The van der Waals surface area contributed by atoms with E-state index in [9.17, 15) is 18.3 Å². The zero-order valence-electron chi connectivity index (χ0n) is 10.1. The number of aliphatic hydroxyl groups is 1. The normalized spacial score (nSPS) is 25.4. The summed E-state index contributed by atoms with van der Waals surface area (Å²) in [6.07, 6.45) is 0.518. The molecule has 4 N–H and O–H groups in total. The Hall–Kier alpha value is -1.52. The van der Waals surface area contributed by atoms with Gasteiger partial charge in [-0.1, -0.05) is 5.21 Å². The third-order valence-corrected chi connectivity index (χ3v) is 4.54. The van der Waals surface area contributed by atoms with Gasteiger partial charge in [-0.25, -0.2) is 13.1 Å². The number of carbonyl (C=O) groups is 1.